The average molecular weight is 262 g/mol. The van der Waals surface area contributed by atoms with Crippen molar-refractivity contribution in [1.82, 2.24) is 0 Å². The number of aryl methyl sites for hydroxylation is 1. The van der Waals surface area contributed by atoms with Gasteiger partial charge in [0.05, 0.1) is 4.92 Å². The van der Waals surface area contributed by atoms with Gasteiger partial charge in [-0.25, -0.2) is 0 Å². The Morgan fingerprint density at radius 3 is 2.37 bits per heavy atom. The molecule has 2 unspecified atom stereocenters. The van der Waals surface area contributed by atoms with Gasteiger partial charge >= 0.3 is 0 Å². The Hall–Kier alpha value is -1.58. The summed E-state index contributed by atoms with van der Waals surface area (Å²) in [6.45, 7) is 6.52. The van der Waals surface area contributed by atoms with E-state index in [-0.39, 0.29) is 10.6 Å². The Morgan fingerprint density at radius 2 is 1.84 bits per heavy atom. The van der Waals surface area contributed by atoms with Gasteiger partial charge in [0.1, 0.15) is 0 Å². The highest BCUT2D eigenvalue weighted by Crippen LogP contribution is 2.31. The van der Waals surface area contributed by atoms with Crippen molar-refractivity contribution < 1.29 is 4.92 Å². The molecule has 0 aliphatic heterocycles. The molecule has 1 fully saturated rings. The number of non-ortho nitro benzene ring substituents is 1. The first-order valence-corrected chi connectivity index (χ1v) is 6.97. The van der Waals surface area contributed by atoms with Crippen LogP contribution in [0.4, 0.5) is 11.4 Å². The molecule has 104 valence electrons. The van der Waals surface area contributed by atoms with E-state index in [0.717, 1.165) is 23.1 Å². The molecule has 0 amide bonds. The molecule has 2 atom stereocenters. The Bertz CT molecular complexity index is 463. The van der Waals surface area contributed by atoms with Crippen molar-refractivity contribution in [2.45, 2.75) is 46.1 Å². The molecule has 0 saturated heterocycles. The normalized spacial score (nSPS) is 27.0. The van der Waals surface area contributed by atoms with E-state index in [4.69, 9.17) is 0 Å². The molecule has 1 aliphatic rings. The summed E-state index contributed by atoms with van der Waals surface area (Å²) in [6.07, 6.45) is 3.67. The first kappa shape index (κ1) is 13.8. The van der Waals surface area contributed by atoms with Gasteiger partial charge in [-0.15, -0.1) is 0 Å². The summed E-state index contributed by atoms with van der Waals surface area (Å²) in [6, 6.07) is 5.53. The van der Waals surface area contributed by atoms with Crippen molar-refractivity contribution in [3.63, 3.8) is 0 Å². The quantitative estimate of drug-likeness (QED) is 0.658. The van der Waals surface area contributed by atoms with Crippen LogP contribution in [0.5, 0.6) is 0 Å². The van der Waals surface area contributed by atoms with Crippen LogP contribution in [-0.4, -0.2) is 11.0 Å². The third-order valence-electron chi connectivity index (χ3n) is 3.96. The number of nitrogens with one attached hydrogen (secondary N) is 1. The number of anilines is 1. The lowest BCUT2D eigenvalue weighted by atomic mass is 9.80. The van der Waals surface area contributed by atoms with Crippen LogP contribution in [0.3, 0.4) is 0 Å². The zero-order valence-electron chi connectivity index (χ0n) is 11.8. The molecule has 0 bridgehead atoms. The molecule has 0 heterocycles. The number of nitro groups is 1. The van der Waals surface area contributed by atoms with Crippen molar-refractivity contribution in [3.8, 4) is 0 Å². The molecule has 1 aliphatic carbocycles. The predicted octanol–water partition coefficient (Wildman–Crippen LogP) is 4.14. The van der Waals surface area contributed by atoms with Gasteiger partial charge in [0.15, 0.2) is 0 Å². The third kappa shape index (κ3) is 3.46. The standard InChI is InChI=1S/C15H22N2O2/c1-10-6-11(2)8-13(7-10)16-15-5-4-14(17(18)19)9-12(15)3/h4-5,9-11,13,16H,6-8H2,1-3H3. The van der Waals surface area contributed by atoms with E-state index in [1.54, 1.807) is 12.1 Å². The fourth-order valence-corrected chi connectivity index (χ4v) is 3.21. The molecule has 4 nitrogen and oxygen atoms in total. The SMILES string of the molecule is Cc1cc([N+](=O)[O-])ccc1NC1CC(C)CC(C)C1. The monoisotopic (exact) mass is 262 g/mol. The largest absolute Gasteiger partial charge is 0.382 e. The van der Waals surface area contributed by atoms with Crippen LogP contribution in [0, 0.1) is 28.9 Å². The zero-order chi connectivity index (χ0) is 14.0. The Kier molecular flexibility index (Phi) is 4.08. The van der Waals surface area contributed by atoms with Crippen LogP contribution in [0.25, 0.3) is 0 Å². The lowest BCUT2D eigenvalue weighted by Gasteiger charge is -2.33. The van der Waals surface area contributed by atoms with Crippen molar-refractivity contribution in [2.75, 3.05) is 5.32 Å². The van der Waals surface area contributed by atoms with Crippen LogP contribution in [-0.2, 0) is 0 Å². The maximum Gasteiger partial charge on any atom is 0.269 e. The number of rotatable bonds is 3. The lowest BCUT2D eigenvalue weighted by molar-refractivity contribution is -0.384. The minimum Gasteiger partial charge on any atom is -0.382 e. The average Bonchev–Trinajstić information content (AvgIpc) is 2.30. The van der Waals surface area contributed by atoms with Crippen molar-refractivity contribution in [2.24, 2.45) is 11.8 Å². The number of benzene rings is 1. The molecule has 0 radical (unpaired) electrons. The number of nitro benzene ring substituents is 1. The number of hydrogen-bond donors (Lipinski definition) is 1. The molecular formula is C15H22N2O2. The molecule has 1 N–H and O–H groups in total. The molecule has 0 aromatic heterocycles. The highest BCUT2D eigenvalue weighted by Gasteiger charge is 2.24. The van der Waals surface area contributed by atoms with Gasteiger partial charge in [0.2, 0.25) is 0 Å². The van der Waals surface area contributed by atoms with Gasteiger partial charge in [-0.05, 0) is 49.7 Å². The van der Waals surface area contributed by atoms with E-state index in [1.165, 1.54) is 19.3 Å². The van der Waals surface area contributed by atoms with E-state index in [2.05, 4.69) is 19.2 Å². The van der Waals surface area contributed by atoms with Gasteiger partial charge in [0, 0.05) is 23.9 Å². The molecule has 1 aromatic carbocycles. The summed E-state index contributed by atoms with van der Waals surface area (Å²) in [5, 5.41) is 14.3. The summed E-state index contributed by atoms with van der Waals surface area (Å²) in [5.74, 6) is 1.50. The van der Waals surface area contributed by atoms with Crippen LogP contribution >= 0.6 is 0 Å². The highest BCUT2D eigenvalue weighted by molar-refractivity contribution is 5.55. The second-order valence-corrected chi connectivity index (χ2v) is 6.02. The van der Waals surface area contributed by atoms with E-state index in [0.29, 0.717) is 6.04 Å². The van der Waals surface area contributed by atoms with Crippen LogP contribution < -0.4 is 5.32 Å². The molecule has 19 heavy (non-hydrogen) atoms. The van der Waals surface area contributed by atoms with Gasteiger partial charge in [-0.2, -0.15) is 0 Å². The number of nitrogens with zero attached hydrogens (tertiary/aromatic N) is 1. The first-order valence-electron chi connectivity index (χ1n) is 6.97. The van der Waals surface area contributed by atoms with E-state index in [1.807, 2.05) is 13.0 Å². The summed E-state index contributed by atoms with van der Waals surface area (Å²) in [4.78, 5) is 10.4. The molecule has 4 heteroatoms. The summed E-state index contributed by atoms with van der Waals surface area (Å²) >= 11 is 0. The molecule has 1 saturated carbocycles. The van der Waals surface area contributed by atoms with Crippen LogP contribution in [0.2, 0.25) is 0 Å². The second kappa shape index (κ2) is 5.59. The topological polar surface area (TPSA) is 55.2 Å². The minimum atomic E-state index is -0.346. The Balaban J connectivity index is 2.08. The van der Waals surface area contributed by atoms with Crippen molar-refractivity contribution >= 4 is 11.4 Å². The van der Waals surface area contributed by atoms with Gasteiger partial charge in [-0.3, -0.25) is 10.1 Å². The maximum atomic E-state index is 10.7. The van der Waals surface area contributed by atoms with Gasteiger partial charge in [-0.1, -0.05) is 13.8 Å². The molecule has 2 rings (SSSR count). The van der Waals surface area contributed by atoms with E-state index < -0.39 is 0 Å². The molecule has 0 spiro atoms. The zero-order valence-corrected chi connectivity index (χ0v) is 11.8. The van der Waals surface area contributed by atoms with E-state index >= 15 is 0 Å². The first-order chi connectivity index (χ1) is 8.95. The van der Waals surface area contributed by atoms with Crippen LogP contribution in [0.15, 0.2) is 18.2 Å². The van der Waals surface area contributed by atoms with Crippen molar-refractivity contribution in [1.29, 1.82) is 0 Å². The second-order valence-electron chi connectivity index (χ2n) is 6.02. The summed E-state index contributed by atoms with van der Waals surface area (Å²) < 4.78 is 0. The number of hydrogen-bond acceptors (Lipinski definition) is 3. The molecule has 1 aromatic rings. The molecular weight excluding hydrogens is 240 g/mol. The summed E-state index contributed by atoms with van der Waals surface area (Å²) in [5.41, 5.74) is 2.13. The Morgan fingerprint density at radius 1 is 1.21 bits per heavy atom. The predicted molar refractivity (Wildman–Crippen MR) is 77.4 cm³/mol. The minimum absolute atomic E-state index is 0.161. The van der Waals surface area contributed by atoms with E-state index in [9.17, 15) is 10.1 Å². The van der Waals surface area contributed by atoms with Gasteiger partial charge < -0.3 is 5.32 Å². The van der Waals surface area contributed by atoms with Crippen molar-refractivity contribution in [3.05, 3.63) is 33.9 Å². The Labute approximate surface area is 114 Å². The van der Waals surface area contributed by atoms with Gasteiger partial charge in [0.25, 0.3) is 5.69 Å². The lowest BCUT2D eigenvalue weighted by Crippen LogP contribution is -2.30. The third-order valence-corrected chi connectivity index (χ3v) is 3.96. The maximum absolute atomic E-state index is 10.7. The fourth-order valence-electron chi connectivity index (χ4n) is 3.21. The smallest absolute Gasteiger partial charge is 0.269 e. The summed E-state index contributed by atoms with van der Waals surface area (Å²) in [7, 11) is 0. The highest BCUT2D eigenvalue weighted by atomic mass is 16.6. The fraction of sp³-hybridized carbons (Fsp3) is 0.600. The van der Waals surface area contributed by atoms with Crippen LogP contribution in [0.1, 0.15) is 38.7 Å².